The van der Waals surface area contributed by atoms with E-state index in [4.69, 9.17) is 9.47 Å². The number of nitrogens with zero attached hydrogens (tertiary/aromatic N) is 3. The second-order valence-electron chi connectivity index (χ2n) is 6.57. The van der Waals surface area contributed by atoms with Gasteiger partial charge in [-0.15, -0.1) is 0 Å². The Morgan fingerprint density at radius 2 is 2.10 bits per heavy atom. The smallest absolute Gasteiger partial charge is 0.141 e. The molecule has 6 nitrogen and oxygen atoms in total. The predicted molar refractivity (Wildman–Crippen MR) is 76.9 cm³/mol. The van der Waals surface area contributed by atoms with E-state index >= 15 is 0 Å². The van der Waals surface area contributed by atoms with Crippen molar-refractivity contribution in [1.82, 2.24) is 20.1 Å². The lowest BCUT2D eigenvalue weighted by atomic mass is 9.84. The van der Waals surface area contributed by atoms with Gasteiger partial charge in [0, 0.05) is 25.9 Å². The summed E-state index contributed by atoms with van der Waals surface area (Å²) in [7, 11) is 0. The molecule has 2 saturated heterocycles. The van der Waals surface area contributed by atoms with Gasteiger partial charge in [-0.3, -0.25) is 0 Å². The molecule has 1 spiro atoms. The van der Waals surface area contributed by atoms with E-state index in [1.54, 1.807) is 6.33 Å². The van der Waals surface area contributed by atoms with E-state index in [-0.39, 0.29) is 5.60 Å². The second kappa shape index (κ2) is 5.66. The number of hydrogen-bond acceptors (Lipinski definition) is 5. The van der Waals surface area contributed by atoms with Crippen molar-refractivity contribution >= 4 is 0 Å². The lowest BCUT2D eigenvalue weighted by molar-refractivity contribution is -0.145. The average molecular weight is 292 g/mol. The van der Waals surface area contributed by atoms with Crippen molar-refractivity contribution in [2.75, 3.05) is 19.8 Å². The summed E-state index contributed by atoms with van der Waals surface area (Å²) in [4.78, 5) is 4.45. The van der Waals surface area contributed by atoms with Gasteiger partial charge in [0.15, 0.2) is 0 Å². The Balaban J connectivity index is 1.46. The first kappa shape index (κ1) is 13.7. The standard InChI is InChI=1S/C15H24N4O2/c1-2-12(1)16-10-14-17-11-18-19(14)13-3-6-21-15(9-13)4-7-20-8-5-15/h11-13,16H,1-10H2. The molecule has 0 amide bonds. The molecule has 116 valence electrons. The predicted octanol–water partition coefficient (Wildman–Crippen LogP) is 1.43. The third kappa shape index (κ3) is 2.98. The maximum absolute atomic E-state index is 6.13. The van der Waals surface area contributed by atoms with E-state index < -0.39 is 0 Å². The fraction of sp³-hybridized carbons (Fsp3) is 0.867. The number of aromatic nitrogens is 3. The Hall–Kier alpha value is -0.980. The van der Waals surface area contributed by atoms with Gasteiger partial charge in [0.2, 0.25) is 0 Å². The topological polar surface area (TPSA) is 61.2 Å². The molecule has 4 rings (SSSR count). The van der Waals surface area contributed by atoms with Crippen molar-refractivity contribution in [3.05, 3.63) is 12.2 Å². The maximum Gasteiger partial charge on any atom is 0.141 e. The third-order valence-corrected chi connectivity index (χ3v) is 4.99. The summed E-state index contributed by atoms with van der Waals surface area (Å²) < 4.78 is 13.8. The van der Waals surface area contributed by atoms with Crippen LogP contribution in [0, 0.1) is 0 Å². The summed E-state index contributed by atoms with van der Waals surface area (Å²) in [5, 5.41) is 8.03. The number of nitrogens with one attached hydrogen (secondary N) is 1. The van der Waals surface area contributed by atoms with Crippen molar-refractivity contribution in [2.24, 2.45) is 0 Å². The number of hydrogen-bond donors (Lipinski definition) is 1. The van der Waals surface area contributed by atoms with E-state index in [1.807, 2.05) is 0 Å². The van der Waals surface area contributed by atoms with Crippen LogP contribution in [0.15, 0.2) is 6.33 Å². The lowest BCUT2D eigenvalue weighted by Crippen LogP contribution is -2.45. The summed E-state index contributed by atoms with van der Waals surface area (Å²) in [6.45, 7) is 3.29. The van der Waals surface area contributed by atoms with Crippen molar-refractivity contribution in [1.29, 1.82) is 0 Å². The quantitative estimate of drug-likeness (QED) is 0.909. The zero-order valence-corrected chi connectivity index (χ0v) is 12.5. The van der Waals surface area contributed by atoms with Crippen LogP contribution >= 0.6 is 0 Å². The van der Waals surface area contributed by atoms with Gasteiger partial charge in [-0.25, -0.2) is 9.67 Å². The van der Waals surface area contributed by atoms with Crippen LogP contribution in [0.5, 0.6) is 0 Å². The van der Waals surface area contributed by atoms with E-state index in [0.717, 1.165) is 57.9 Å². The molecular weight excluding hydrogens is 268 g/mol. The Labute approximate surface area is 125 Å². The Kier molecular flexibility index (Phi) is 3.69. The van der Waals surface area contributed by atoms with Crippen LogP contribution in [0.3, 0.4) is 0 Å². The summed E-state index contributed by atoms with van der Waals surface area (Å²) in [6, 6.07) is 1.11. The minimum absolute atomic E-state index is 0.00824. The van der Waals surface area contributed by atoms with Crippen LogP contribution in [-0.2, 0) is 16.0 Å². The van der Waals surface area contributed by atoms with Crippen molar-refractivity contribution in [3.63, 3.8) is 0 Å². The first-order chi connectivity index (χ1) is 10.3. The zero-order valence-electron chi connectivity index (χ0n) is 12.5. The molecule has 21 heavy (non-hydrogen) atoms. The van der Waals surface area contributed by atoms with Crippen LogP contribution < -0.4 is 5.32 Å². The van der Waals surface area contributed by atoms with Gasteiger partial charge in [0.1, 0.15) is 12.2 Å². The molecule has 1 aromatic rings. The normalized spacial score (nSPS) is 28.9. The Bertz CT molecular complexity index is 474. The van der Waals surface area contributed by atoms with Crippen molar-refractivity contribution in [3.8, 4) is 0 Å². The van der Waals surface area contributed by atoms with Gasteiger partial charge in [0.05, 0.1) is 18.2 Å². The first-order valence-corrected chi connectivity index (χ1v) is 8.18. The molecular formula is C15H24N4O2. The van der Waals surface area contributed by atoms with Crippen LogP contribution in [0.25, 0.3) is 0 Å². The minimum Gasteiger partial charge on any atom is -0.381 e. The molecule has 0 bridgehead atoms. The van der Waals surface area contributed by atoms with Crippen LogP contribution in [0.1, 0.15) is 50.4 Å². The molecule has 1 saturated carbocycles. The van der Waals surface area contributed by atoms with Gasteiger partial charge in [-0.2, -0.15) is 5.10 Å². The third-order valence-electron chi connectivity index (χ3n) is 4.99. The zero-order chi connectivity index (χ0) is 14.1. The van der Waals surface area contributed by atoms with Gasteiger partial charge in [-0.1, -0.05) is 0 Å². The molecule has 3 fully saturated rings. The van der Waals surface area contributed by atoms with Crippen molar-refractivity contribution < 1.29 is 9.47 Å². The molecule has 1 atom stereocenters. The highest BCUT2D eigenvalue weighted by atomic mass is 16.5. The molecule has 2 aliphatic heterocycles. The SMILES string of the molecule is c1nc(CNC2CC2)n(C2CCOC3(CCOCC3)C2)n1. The fourth-order valence-electron chi connectivity index (χ4n) is 3.53. The molecule has 1 aromatic heterocycles. The van der Waals surface area contributed by atoms with Crippen molar-refractivity contribution in [2.45, 2.75) is 62.8 Å². The van der Waals surface area contributed by atoms with Crippen LogP contribution in [0.4, 0.5) is 0 Å². The Morgan fingerprint density at radius 1 is 1.24 bits per heavy atom. The average Bonchev–Trinajstić information content (AvgIpc) is 3.22. The molecule has 3 heterocycles. The first-order valence-electron chi connectivity index (χ1n) is 8.18. The molecule has 1 aliphatic carbocycles. The van der Waals surface area contributed by atoms with E-state index in [2.05, 4.69) is 20.1 Å². The largest absolute Gasteiger partial charge is 0.381 e. The molecule has 1 N–H and O–H groups in total. The summed E-state index contributed by atoms with van der Waals surface area (Å²) >= 11 is 0. The molecule has 3 aliphatic rings. The van der Waals surface area contributed by atoms with E-state index in [9.17, 15) is 0 Å². The van der Waals surface area contributed by atoms with E-state index in [0.29, 0.717) is 12.1 Å². The van der Waals surface area contributed by atoms with Crippen LogP contribution in [0.2, 0.25) is 0 Å². The van der Waals surface area contributed by atoms with Gasteiger partial charge in [0.25, 0.3) is 0 Å². The second-order valence-corrected chi connectivity index (χ2v) is 6.57. The fourth-order valence-corrected chi connectivity index (χ4v) is 3.53. The molecule has 0 aromatic carbocycles. The highest BCUT2D eigenvalue weighted by Gasteiger charge is 2.40. The molecule has 1 unspecified atom stereocenters. The summed E-state index contributed by atoms with van der Waals surface area (Å²) in [5.74, 6) is 1.07. The minimum atomic E-state index is 0.00824. The highest BCUT2D eigenvalue weighted by molar-refractivity contribution is 4.96. The van der Waals surface area contributed by atoms with Crippen LogP contribution in [-0.4, -0.2) is 46.2 Å². The Morgan fingerprint density at radius 3 is 2.90 bits per heavy atom. The molecule has 6 heteroatoms. The van der Waals surface area contributed by atoms with Gasteiger partial charge < -0.3 is 14.8 Å². The van der Waals surface area contributed by atoms with Gasteiger partial charge in [-0.05, 0) is 38.5 Å². The summed E-state index contributed by atoms with van der Waals surface area (Å²) in [6.07, 6.45) is 8.37. The number of ether oxygens (including phenoxy) is 2. The maximum atomic E-state index is 6.13. The number of rotatable bonds is 4. The monoisotopic (exact) mass is 292 g/mol. The van der Waals surface area contributed by atoms with Gasteiger partial charge >= 0.3 is 0 Å². The highest BCUT2D eigenvalue weighted by Crippen LogP contribution is 2.39. The summed E-state index contributed by atoms with van der Waals surface area (Å²) in [5.41, 5.74) is 0.00824. The lowest BCUT2D eigenvalue weighted by Gasteiger charge is -2.43. The van der Waals surface area contributed by atoms with E-state index in [1.165, 1.54) is 12.8 Å². The molecule has 0 radical (unpaired) electrons.